The van der Waals surface area contributed by atoms with Crippen LogP contribution in [0.3, 0.4) is 0 Å². The Kier molecular flexibility index (Phi) is 174. The van der Waals surface area contributed by atoms with Gasteiger partial charge in [-0.05, 0) is 0 Å². The summed E-state index contributed by atoms with van der Waals surface area (Å²) in [6.07, 6.45) is 8.00. The molecule has 0 bridgehead atoms. The van der Waals surface area contributed by atoms with Crippen LogP contribution in [0.5, 0.6) is 0 Å². The van der Waals surface area contributed by atoms with Crippen molar-refractivity contribution in [2.75, 3.05) is 0 Å². The van der Waals surface area contributed by atoms with Crippen LogP contribution in [0, 0.1) is 164 Å². The first kappa shape index (κ1) is 31.2. The maximum Gasteiger partial charge on any atom is 0 e. The molecule has 0 aromatic heterocycles. The van der Waals surface area contributed by atoms with E-state index in [1.165, 1.54) is 0 Å². The van der Waals surface area contributed by atoms with Crippen LogP contribution >= 0.6 is 0 Å². The van der Waals surface area contributed by atoms with E-state index in [4.69, 9.17) is 0 Å². The molecule has 6 heavy (non-hydrogen) atoms. The molecule has 0 aromatic rings. The van der Waals surface area contributed by atoms with Crippen LogP contribution in [0.1, 0.15) is 0 Å². The first-order valence-electron chi connectivity index (χ1n) is 0.333. The van der Waals surface area contributed by atoms with Gasteiger partial charge in [-0.1, -0.05) is 0 Å². The van der Waals surface area contributed by atoms with Crippen molar-refractivity contribution in [1.82, 2.24) is 0 Å². The molecule has 0 aliphatic heterocycles. The van der Waals surface area contributed by atoms with E-state index in [-0.39, 0.29) is 151 Å². The van der Waals surface area contributed by atoms with E-state index >= 15 is 0 Å². The predicted octanol–water partition coefficient (Wildman–Crippen LogP) is 0.249. The second kappa shape index (κ2) is 33.6. The molecular formula is C2H2Ar4. The molecule has 0 aromatic carbocycles. The van der Waals surface area contributed by atoms with Gasteiger partial charge >= 0.3 is 0 Å². The van der Waals surface area contributed by atoms with Crippen LogP contribution in [0.15, 0.2) is 0 Å². The average Bonchev–Trinajstić information content (AvgIpc) is 1.00. The third-order valence-corrected chi connectivity index (χ3v) is 0. The topological polar surface area (TPSA) is 0 Å². The minimum absolute atomic E-state index is 0. The van der Waals surface area contributed by atoms with Gasteiger partial charge in [-0.25, -0.2) is 0 Å². The van der Waals surface area contributed by atoms with Crippen molar-refractivity contribution in [2.24, 2.45) is 0 Å². The molecule has 0 nitrogen and oxygen atoms in total. The Morgan fingerprint density at radius 3 is 0.500 bits per heavy atom. The largest absolute Gasteiger partial charge is 0.124 e. The minimum Gasteiger partial charge on any atom is -0.124 e. The Labute approximate surface area is 159 Å². The molecule has 0 aliphatic carbocycles. The third kappa shape index (κ3) is 23.5. The summed E-state index contributed by atoms with van der Waals surface area (Å²) >= 11 is 0. The fourth-order valence-electron chi connectivity index (χ4n) is 0. The Bertz CT molecular complexity index is 10.3. The molecule has 0 unspecified atom stereocenters. The molecule has 0 atom stereocenters. The summed E-state index contributed by atoms with van der Waals surface area (Å²) in [4.78, 5) is 0. The maximum absolute atomic E-state index is 4.00. The maximum atomic E-state index is 4.00. The Morgan fingerprint density at radius 1 is 0.500 bits per heavy atom. The van der Waals surface area contributed by atoms with Gasteiger partial charge in [0.15, 0.2) is 0 Å². The molecule has 0 N–H and O–H groups in total. The first-order valence-corrected chi connectivity index (χ1v) is 0.333. The number of rotatable bonds is 0. The molecule has 0 heterocycles. The number of hydrogen-bond acceptors (Lipinski definition) is 0. The van der Waals surface area contributed by atoms with Crippen molar-refractivity contribution in [3.8, 4) is 12.8 Å². The normalized spacial score (nSPS) is 0.333. The predicted molar refractivity (Wildman–Crippen MR) is 9.89 cm³/mol. The van der Waals surface area contributed by atoms with Gasteiger partial charge in [0, 0.05) is 151 Å². The number of terminal acetylenes is 1. The second-order valence-electron chi connectivity index (χ2n) is 0. The molecule has 0 fully saturated rings. The quantitative estimate of drug-likeness (QED) is 0.475. The van der Waals surface area contributed by atoms with E-state index in [1.807, 2.05) is 0 Å². The van der Waals surface area contributed by atoms with Gasteiger partial charge in [-0.3, -0.25) is 0 Å². The zero-order valence-corrected chi connectivity index (χ0v) is 5.40. The minimum atomic E-state index is 0. The van der Waals surface area contributed by atoms with Crippen molar-refractivity contribution >= 4 is 0 Å². The van der Waals surface area contributed by atoms with Gasteiger partial charge in [0.25, 0.3) is 0 Å². The summed E-state index contributed by atoms with van der Waals surface area (Å²) in [7, 11) is 0. The monoisotopic (exact) mass is 186 g/mol. The van der Waals surface area contributed by atoms with Crippen molar-refractivity contribution in [2.45, 2.75) is 0 Å². The van der Waals surface area contributed by atoms with E-state index in [2.05, 4.69) is 12.8 Å². The van der Waals surface area contributed by atoms with Gasteiger partial charge < -0.3 is 0 Å². The molecular weight excluding hydrogens is 184 g/mol. The van der Waals surface area contributed by atoms with Gasteiger partial charge in [-0.2, -0.15) is 0 Å². The average molecular weight is 186 g/mol. The summed E-state index contributed by atoms with van der Waals surface area (Å²) in [5.74, 6) is 0. The summed E-state index contributed by atoms with van der Waals surface area (Å²) in [5, 5.41) is 0. The van der Waals surface area contributed by atoms with Crippen LogP contribution < -0.4 is 0 Å². The molecule has 0 aliphatic rings. The Hall–Kier alpha value is 4.60. The van der Waals surface area contributed by atoms with E-state index in [9.17, 15) is 0 Å². The summed E-state index contributed by atoms with van der Waals surface area (Å²) in [5.41, 5.74) is 0. The van der Waals surface area contributed by atoms with E-state index < -0.39 is 0 Å². The molecule has 0 amide bonds. The van der Waals surface area contributed by atoms with Gasteiger partial charge in [0.1, 0.15) is 0 Å². The van der Waals surface area contributed by atoms with Crippen molar-refractivity contribution in [3.05, 3.63) is 0 Å². The second-order valence-corrected chi connectivity index (χ2v) is 0. The first-order chi connectivity index (χ1) is 1.00. The SMILES string of the molecule is C#C.[Ar].[Ar].[Ar].[Ar]. The molecule has 0 spiro atoms. The summed E-state index contributed by atoms with van der Waals surface area (Å²) in [6.45, 7) is 0. The van der Waals surface area contributed by atoms with E-state index in [0.29, 0.717) is 0 Å². The van der Waals surface area contributed by atoms with Crippen LogP contribution in [0.2, 0.25) is 0 Å². The van der Waals surface area contributed by atoms with Crippen LogP contribution in [-0.4, -0.2) is 0 Å². The molecule has 0 rings (SSSR count). The molecule has 0 radical (unpaired) electrons. The molecule has 4 heteroatoms. The van der Waals surface area contributed by atoms with Gasteiger partial charge in [0.2, 0.25) is 0 Å². The molecule has 42 valence electrons. The summed E-state index contributed by atoms with van der Waals surface area (Å²) < 4.78 is 0. The Morgan fingerprint density at radius 2 is 0.500 bits per heavy atom. The summed E-state index contributed by atoms with van der Waals surface area (Å²) in [6, 6.07) is 0. The smallest absolute Gasteiger partial charge is 0 e. The fourth-order valence-corrected chi connectivity index (χ4v) is 0. The van der Waals surface area contributed by atoms with Crippen LogP contribution in [0.4, 0.5) is 0 Å². The number of hydrogen-bond donors (Lipinski definition) is 0. The molecule has 0 saturated heterocycles. The van der Waals surface area contributed by atoms with Gasteiger partial charge in [0.05, 0.1) is 0 Å². The zero-order valence-electron chi connectivity index (χ0n) is 2.57. The van der Waals surface area contributed by atoms with E-state index in [0.717, 1.165) is 0 Å². The van der Waals surface area contributed by atoms with Crippen LogP contribution in [-0.2, 0) is 0 Å². The van der Waals surface area contributed by atoms with Gasteiger partial charge in [-0.15, -0.1) is 12.8 Å². The van der Waals surface area contributed by atoms with E-state index in [1.54, 1.807) is 0 Å². The molecule has 0 saturated carbocycles. The zero-order chi connectivity index (χ0) is 2.00. The Balaban J connectivity index is -0.000000000833. The van der Waals surface area contributed by atoms with Crippen LogP contribution in [0.25, 0.3) is 0 Å². The van der Waals surface area contributed by atoms with Crippen molar-refractivity contribution < 1.29 is 151 Å². The third-order valence-electron chi connectivity index (χ3n) is 0. The van der Waals surface area contributed by atoms with Crippen molar-refractivity contribution in [1.29, 1.82) is 0 Å². The van der Waals surface area contributed by atoms with Crippen molar-refractivity contribution in [3.63, 3.8) is 0 Å². The fraction of sp³-hybridized carbons (Fsp3) is 0. The standard InChI is InChI=1S/C2H2.4Ar/c1-2;;;;/h1-2H;;;;.